The summed E-state index contributed by atoms with van der Waals surface area (Å²) in [6.45, 7) is 4.30. The fraction of sp³-hybridized carbons (Fsp3) is 0.588. The van der Waals surface area contributed by atoms with Gasteiger partial charge < -0.3 is 0 Å². The normalized spacial score (nSPS) is 26.0. The van der Waals surface area contributed by atoms with Crippen LogP contribution in [-0.4, -0.2) is 14.1 Å². The number of hydrogen-bond acceptors (Lipinski definition) is 3. The number of hydrazone groups is 1. The summed E-state index contributed by atoms with van der Waals surface area (Å²) in [4.78, 5) is 2.71. The van der Waals surface area contributed by atoms with Crippen molar-refractivity contribution in [2.75, 3.05) is 0 Å². The Hall–Kier alpha value is -1.36. The van der Waals surface area contributed by atoms with Gasteiger partial charge in [0.15, 0.2) is 0 Å². The molecule has 0 unspecified atom stereocenters. The van der Waals surface area contributed by atoms with Crippen LogP contribution in [0.25, 0.3) is 0 Å². The van der Waals surface area contributed by atoms with Crippen LogP contribution in [0.4, 0.5) is 0 Å². The molecule has 2 aliphatic carbocycles. The predicted molar refractivity (Wildman–Crippen MR) is 88.2 cm³/mol. The molecule has 2 atom stereocenters. The quantitative estimate of drug-likeness (QED) is 0.846. The Morgan fingerprint density at radius 3 is 2.50 bits per heavy atom. The minimum Gasteiger partial charge on any atom is -0.200 e. The molecular formula is C17H24N2O2S. The van der Waals surface area contributed by atoms with Gasteiger partial charge >= 0.3 is 0 Å². The summed E-state index contributed by atoms with van der Waals surface area (Å²) >= 11 is 0. The molecule has 2 aliphatic rings. The lowest BCUT2D eigenvalue weighted by molar-refractivity contribution is 0.579. The van der Waals surface area contributed by atoms with Crippen LogP contribution in [0.1, 0.15) is 45.1 Å². The SMILES string of the molecule is CC(C)Cc1ccc(S(=O)(=O)N/N=C2/C[C@@H]3CC[C@@H]2C3)cc1. The molecule has 0 saturated heterocycles. The van der Waals surface area contributed by atoms with Crippen molar-refractivity contribution in [3.05, 3.63) is 29.8 Å². The number of nitrogens with zero attached hydrogens (tertiary/aromatic N) is 1. The number of sulfonamides is 1. The van der Waals surface area contributed by atoms with E-state index in [9.17, 15) is 8.42 Å². The van der Waals surface area contributed by atoms with Gasteiger partial charge in [0.2, 0.25) is 0 Å². The van der Waals surface area contributed by atoms with Crippen molar-refractivity contribution in [3.8, 4) is 0 Å². The first kappa shape index (κ1) is 15.5. The predicted octanol–water partition coefficient (Wildman–Crippen LogP) is 3.34. The monoisotopic (exact) mass is 320 g/mol. The average molecular weight is 320 g/mol. The van der Waals surface area contributed by atoms with E-state index in [0.29, 0.717) is 11.8 Å². The molecule has 0 aliphatic heterocycles. The standard InChI is InChI=1S/C17H24N2O2S/c1-12(2)9-13-4-7-16(8-5-13)22(20,21)19-18-17-11-14-3-6-15(17)10-14/h4-5,7-8,12,14-15,19H,3,6,9-11H2,1-2H3/b18-17-/t14-,15-/m1/s1. The van der Waals surface area contributed by atoms with E-state index in [-0.39, 0.29) is 4.90 Å². The smallest absolute Gasteiger partial charge is 0.200 e. The van der Waals surface area contributed by atoms with E-state index in [4.69, 9.17) is 0 Å². The number of nitrogens with one attached hydrogen (secondary N) is 1. The molecule has 0 amide bonds. The third kappa shape index (κ3) is 3.35. The zero-order chi connectivity index (χ0) is 15.7. The van der Waals surface area contributed by atoms with Crippen LogP contribution in [-0.2, 0) is 16.4 Å². The molecule has 0 spiro atoms. The number of benzene rings is 1. The van der Waals surface area contributed by atoms with Crippen LogP contribution >= 0.6 is 0 Å². The Balaban J connectivity index is 1.69. The van der Waals surface area contributed by atoms with Crippen LogP contribution in [0, 0.1) is 17.8 Å². The van der Waals surface area contributed by atoms with Crippen LogP contribution in [0.2, 0.25) is 0 Å². The highest BCUT2D eigenvalue weighted by atomic mass is 32.2. The zero-order valence-electron chi connectivity index (χ0n) is 13.2. The van der Waals surface area contributed by atoms with Gasteiger partial charge in [-0.05, 0) is 67.6 Å². The highest BCUT2D eigenvalue weighted by Gasteiger charge is 2.36. The molecule has 1 N–H and O–H groups in total. The summed E-state index contributed by atoms with van der Waals surface area (Å²) in [5, 5.41) is 4.20. The first-order valence-corrected chi connectivity index (χ1v) is 9.59. The molecule has 2 fully saturated rings. The second kappa shape index (κ2) is 6.03. The van der Waals surface area contributed by atoms with Gasteiger partial charge in [0.05, 0.1) is 4.90 Å². The summed E-state index contributed by atoms with van der Waals surface area (Å²) < 4.78 is 24.6. The Morgan fingerprint density at radius 1 is 1.23 bits per heavy atom. The first-order valence-electron chi connectivity index (χ1n) is 8.11. The van der Waals surface area contributed by atoms with Crippen molar-refractivity contribution in [2.45, 2.75) is 50.8 Å². The van der Waals surface area contributed by atoms with Gasteiger partial charge in [0.25, 0.3) is 10.0 Å². The van der Waals surface area contributed by atoms with Crippen molar-refractivity contribution in [1.29, 1.82) is 0 Å². The van der Waals surface area contributed by atoms with Crippen LogP contribution < -0.4 is 4.83 Å². The minimum atomic E-state index is -3.55. The van der Waals surface area contributed by atoms with E-state index in [1.54, 1.807) is 12.1 Å². The zero-order valence-corrected chi connectivity index (χ0v) is 14.1. The number of hydrogen-bond donors (Lipinski definition) is 1. The maximum Gasteiger partial charge on any atom is 0.276 e. The van der Waals surface area contributed by atoms with Gasteiger partial charge in [0, 0.05) is 5.71 Å². The molecule has 1 aromatic carbocycles. The van der Waals surface area contributed by atoms with E-state index >= 15 is 0 Å². The Kier molecular flexibility index (Phi) is 4.26. The second-order valence-electron chi connectivity index (χ2n) is 7.02. The van der Waals surface area contributed by atoms with Crippen molar-refractivity contribution >= 4 is 15.7 Å². The fourth-order valence-electron chi connectivity index (χ4n) is 3.61. The Bertz CT molecular complexity index is 662. The maximum absolute atomic E-state index is 12.3. The van der Waals surface area contributed by atoms with Crippen LogP contribution in [0.3, 0.4) is 0 Å². The highest BCUT2D eigenvalue weighted by molar-refractivity contribution is 7.89. The lowest BCUT2D eigenvalue weighted by Gasteiger charge is -2.12. The van der Waals surface area contributed by atoms with Gasteiger partial charge in [-0.1, -0.05) is 26.0 Å². The van der Waals surface area contributed by atoms with Gasteiger partial charge in [0.1, 0.15) is 0 Å². The number of fused-ring (bicyclic) bond motifs is 2. The van der Waals surface area contributed by atoms with E-state index in [2.05, 4.69) is 23.8 Å². The number of rotatable bonds is 5. The van der Waals surface area contributed by atoms with Gasteiger partial charge in [-0.3, -0.25) is 0 Å². The molecule has 5 heteroatoms. The Morgan fingerprint density at radius 2 is 1.95 bits per heavy atom. The molecule has 0 aromatic heterocycles. The molecule has 0 radical (unpaired) electrons. The van der Waals surface area contributed by atoms with Crippen LogP contribution in [0.5, 0.6) is 0 Å². The summed E-state index contributed by atoms with van der Waals surface area (Å²) in [6.07, 6.45) is 5.53. The summed E-state index contributed by atoms with van der Waals surface area (Å²) in [5.74, 6) is 1.79. The van der Waals surface area contributed by atoms with Crippen molar-refractivity contribution in [3.63, 3.8) is 0 Å². The van der Waals surface area contributed by atoms with Crippen LogP contribution in [0.15, 0.2) is 34.3 Å². The third-order valence-corrected chi connectivity index (χ3v) is 5.92. The minimum absolute atomic E-state index is 0.285. The molecule has 120 valence electrons. The van der Waals surface area contributed by atoms with Gasteiger partial charge in [-0.25, -0.2) is 4.83 Å². The molecular weight excluding hydrogens is 296 g/mol. The summed E-state index contributed by atoms with van der Waals surface area (Å²) in [5.41, 5.74) is 2.20. The third-order valence-electron chi connectivity index (χ3n) is 4.70. The van der Waals surface area contributed by atoms with Crippen molar-refractivity contribution in [2.24, 2.45) is 22.9 Å². The fourth-order valence-corrected chi connectivity index (χ4v) is 4.45. The van der Waals surface area contributed by atoms with Gasteiger partial charge in [-0.15, -0.1) is 0 Å². The van der Waals surface area contributed by atoms with E-state index in [1.807, 2.05) is 12.1 Å². The van der Waals surface area contributed by atoms with Crippen molar-refractivity contribution < 1.29 is 8.42 Å². The lowest BCUT2D eigenvalue weighted by atomic mass is 9.99. The molecule has 1 aromatic rings. The average Bonchev–Trinajstić information content (AvgIpc) is 3.08. The van der Waals surface area contributed by atoms with E-state index in [1.165, 1.54) is 12.8 Å². The molecule has 22 heavy (non-hydrogen) atoms. The van der Waals surface area contributed by atoms with E-state index < -0.39 is 10.0 Å². The first-order chi connectivity index (χ1) is 10.4. The largest absolute Gasteiger partial charge is 0.276 e. The highest BCUT2D eigenvalue weighted by Crippen LogP contribution is 2.42. The molecule has 0 heterocycles. The van der Waals surface area contributed by atoms with Crippen molar-refractivity contribution in [1.82, 2.24) is 4.83 Å². The maximum atomic E-state index is 12.3. The molecule has 4 nitrogen and oxygen atoms in total. The Labute approximate surface area is 133 Å². The van der Waals surface area contributed by atoms with E-state index in [0.717, 1.165) is 36.5 Å². The van der Waals surface area contributed by atoms with Gasteiger partial charge in [-0.2, -0.15) is 13.5 Å². The summed E-state index contributed by atoms with van der Waals surface area (Å²) in [7, 11) is -3.55. The molecule has 3 rings (SSSR count). The molecule has 2 bridgehead atoms. The lowest BCUT2D eigenvalue weighted by Crippen LogP contribution is -2.22. The molecule has 2 saturated carbocycles. The second-order valence-corrected chi connectivity index (χ2v) is 8.68. The topological polar surface area (TPSA) is 58.5 Å². The summed E-state index contributed by atoms with van der Waals surface area (Å²) in [6, 6.07) is 7.11.